The van der Waals surface area contributed by atoms with Crippen molar-refractivity contribution in [2.45, 2.75) is 84.1 Å². The molecule has 0 spiro atoms. The quantitative estimate of drug-likeness (QED) is 0.322. The van der Waals surface area contributed by atoms with Crippen molar-refractivity contribution in [1.82, 2.24) is 10.3 Å². The maximum absolute atomic E-state index is 15.7. The van der Waals surface area contributed by atoms with Crippen molar-refractivity contribution in [2.75, 3.05) is 23.3 Å². The zero-order valence-corrected chi connectivity index (χ0v) is 21.2. The number of carbonyl (C=O) groups is 3. The summed E-state index contributed by atoms with van der Waals surface area (Å²) in [7, 11) is 0. The number of nitrogens with zero attached hydrogens (tertiary/aromatic N) is 2. The highest BCUT2D eigenvalue weighted by molar-refractivity contribution is 6.06. The number of hydrogen-bond donors (Lipinski definition) is 3. The topological polar surface area (TPSA) is 126 Å². The van der Waals surface area contributed by atoms with Crippen LogP contribution < -0.4 is 21.4 Å². The van der Waals surface area contributed by atoms with E-state index < -0.39 is 35.1 Å². The van der Waals surface area contributed by atoms with Gasteiger partial charge in [0.2, 0.25) is 0 Å². The lowest BCUT2D eigenvalue weighted by atomic mass is 10.1. The monoisotopic (exact) mass is 493 g/mol. The Morgan fingerprint density at radius 3 is 2.23 bits per heavy atom. The van der Waals surface area contributed by atoms with Crippen molar-refractivity contribution in [2.24, 2.45) is 5.84 Å². The highest BCUT2D eigenvalue weighted by Crippen LogP contribution is 2.35. The van der Waals surface area contributed by atoms with Gasteiger partial charge in [-0.15, -0.1) is 0 Å². The first-order chi connectivity index (χ1) is 16.1. The zero-order chi connectivity index (χ0) is 26.1. The second-order valence-corrected chi connectivity index (χ2v) is 11.0. The smallest absolute Gasteiger partial charge is 0.432 e. The van der Waals surface area contributed by atoms with Crippen LogP contribution in [0.2, 0.25) is 0 Å². The van der Waals surface area contributed by atoms with Crippen LogP contribution in [-0.4, -0.2) is 59.5 Å². The van der Waals surface area contributed by atoms with Crippen LogP contribution in [0, 0.1) is 5.82 Å². The van der Waals surface area contributed by atoms with Gasteiger partial charge in [-0.05, 0) is 72.9 Å². The van der Waals surface area contributed by atoms with Crippen molar-refractivity contribution in [3.8, 4) is 0 Å². The molecule has 0 bridgehead atoms. The maximum atomic E-state index is 15.7. The SMILES string of the molecule is CC(C)(C)OC(=O)N[C@@H]1CCN(c2ccc(C(=O)N(N)C(=O)OC(C)(C)C)c(NC3CC3)c2F)C1. The molecule has 1 saturated carbocycles. The summed E-state index contributed by atoms with van der Waals surface area (Å²) in [6, 6.07) is 2.76. The van der Waals surface area contributed by atoms with Crippen LogP contribution >= 0.6 is 0 Å². The van der Waals surface area contributed by atoms with Gasteiger partial charge in [0.05, 0.1) is 23.0 Å². The minimum absolute atomic E-state index is 0.00226. The molecule has 11 heteroatoms. The van der Waals surface area contributed by atoms with E-state index in [0.717, 1.165) is 12.8 Å². The van der Waals surface area contributed by atoms with Crippen LogP contribution in [0.5, 0.6) is 0 Å². The number of nitrogens with one attached hydrogen (secondary N) is 2. The largest absolute Gasteiger partial charge is 0.444 e. The zero-order valence-electron chi connectivity index (χ0n) is 21.2. The third-order valence-electron chi connectivity index (χ3n) is 5.34. The molecule has 3 rings (SSSR count). The van der Waals surface area contributed by atoms with Gasteiger partial charge in [-0.3, -0.25) is 4.79 Å². The highest BCUT2D eigenvalue weighted by atomic mass is 19.1. The Bertz CT molecular complexity index is 984. The van der Waals surface area contributed by atoms with Crippen LogP contribution in [0.3, 0.4) is 0 Å². The van der Waals surface area contributed by atoms with Gasteiger partial charge in [-0.1, -0.05) is 0 Å². The number of hydrazine groups is 1. The van der Waals surface area contributed by atoms with Crippen LogP contribution in [0.15, 0.2) is 12.1 Å². The number of carbonyl (C=O) groups excluding carboxylic acids is 3. The predicted octanol–water partition coefficient (Wildman–Crippen LogP) is 3.75. The average Bonchev–Trinajstić information content (AvgIpc) is 3.42. The fourth-order valence-electron chi connectivity index (χ4n) is 3.66. The molecule has 1 aliphatic heterocycles. The van der Waals surface area contributed by atoms with Crippen molar-refractivity contribution in [1.29, 1.82) is 0 Å². The Balaban J connectivity index is 1.78. The van der Waals surface area contributed by atoms with Gasteiger partial charge < -0.3 is 25.0 Å². The minimum atomic E-state index is -1.03. The van der Waals surface area contributed by atoms with Crippen LogP contribution in [0.1, 0.15) is 71.2 Å². The number of rotatable bonds is 5. The molecule has 1 aliphatic carbocycles. The molecule has 1 heterocycles. The summed E-state index contributed by atoms with van der Waals surface area (Å²) in [5, 5.41) is 6.24. The second kappa shape index (κ2) is 9.88. The van der Waals surface area contributed by atoms with Crippen molar-refractivity contribution in [3.63, 3.8) is 0 Å². The van der Waals surface area contributed by atoms with Crippen molar-refractivity contribution >= 4 is 29.5 Å². The molecule has 0 radical (unpaired) electrons. The highest BCUT2D eigenvalue weighted by Gasteiger charge is 2.34. The van der Waals surface area contributed by atoms with Crippen LogP contribution in [0.25, 0.3) is 0 Å². The van der Waals surface area contributed by atoms with E-state index in [4.69, 9.17) is 15.3 Å². The first kappa shape index (κ1) is 26.5. The summed E-state index contributed by atoms with van der Waals surface area (Å²) in [4.78, 5) is 39.2. The van der Waals surface area contributed by atoms with E-state index in [9.17, 15) is 14.4 Å². The lowest BCUT2D eigenvalue weighted by molar-refractivity contribution is 0.0239. The molecule has 3 amide bonds. The van der Waals surface area contributed by atoms with Crippen molar-refractivity contribution < 1.29 is 28.2 Å². The van der Waals surface area contributed by atoms with E-state index in [1.54, 1.807) is 46.4 Å². The van der Waals surface area contributed by atoms with Gasteiger partial charge in [-0.2, -0.15) is 5.01 Å². The summed E-state index contributed by atoms with van der Waals surface area (Å²) in [5.74, 6) is 4.24. The molecular formula is C24H36FN5O5. The van der Waals surface area contributed by atoms with Gasteiger partial charge in [0.1, 0.15) is 11.2 Å². The Morgan fingerprint density at radius 1 is 1.03 bits per heavy atom. The van der Waals surface area contributed by atoms with E-state index >= 15 is 4.39 Å². The molecule has 10 nitrogen and oxygen atoms in total. The molecule has 2 aliphatic rings. The number of anilines is 2. The molecule has 194 valence electrons. The summed E-state index contributed by atoms with van der Waals surface area (Å²) in [5.41, 5.74) is -1.24. The fourth-order valence-corrected chi connectivity index (χ4v) is 3.66. The number of benzene rings is 1. The number of amides is 3. The van der Waals surface area contributed by atoms with Crippen molar-refractivity contribution in [3.05, 3.63) is 23.5 Å². The van der Waals surface area contributed by atoms with Gasteiger partial charge in [0.15, 0.2) is 5.82 Å². The average molecular weight is 494 g/mol. The van der Waals surface area contributed by atoms with Gasteiger partial charge in [-0.25, -0.2) is 19.8 Å². The van der Waals surface area contributed by atoms with Crippen LogP contribution in [-0.2, 0) is 9.47 Å². The van der Waals surface area contributed by atoms with Gasteiger partial charge in [0.25, 0.3) is 5.91 Å². The summed E-state index contributed by atoms with van der Waals surface area (Å²) in [6.07, 6.45) is 0.759. The first-order valence-electron chi connectivity index (χ1n) is 11.8. The lowest BCUT2D eigenvalue weighted by Gasteiger charge is -2.25. The first-order valence-corrected chi connectivity index (χ1v) is 11.8. The Labute approximate surface area is 205 Å². The number of imide groups is 1. The van der Waals surface area contributed by atoms with E-state index in [1.807, 2.05) is 0 Å². The normalized spacial score (nSPS) is 18.2. The van der Waals surface area contributed by atoms with Gasteiger partial charge in [0, 0.05) is 19.1 Å². The number of alkyl carbamates (subject to hydrolysis) is 1. The minimum Gasteiger partial charge on any atom is -0.444 e. The molecule has 1 atom stereocenters. The molecule has 1 saturated heterocycles. The third kappa shape index (κ3) is 7.20. The molecule has 2 fully saturated rings. The predicted molar refractivity (Wildman–Crippen MR) is 130 cm³/mol. The van der Waals surface area contributed by atoms with Crippen LogP contribution in [0.4, 0.5) is 25.4 Å². The van der Waals surface area contributed by atoms with Gasteiger partial charge >= 0.3 is 12.2 Å². The molecule has 0 unspecified atom stereocenters. The molecule has 1 aromatic carbocycles. The molecule has 1 aromatic rings. The fraction of sp³-hybridized carbons (Fsp3) is 0.625. The summed E-state index contributed by atoms with van der Waals surface area (Å²) < 4.78 is 26.2. The van der Waals surface area contributed by atoms with E-state index in [1.165, 1.54) is 12.1 Å². The second-order valence-electron chi connectivity index (χ2n) is 11.0. The van der Waals surface area contributed by atoms with E-state index in [2.05, 4.69) is 10.6 Å². The van der Waals surface area contributed by atoms with E-state index in [-0.39, 0.29) is 23.3 Å². The lowest BCUT2D eigenvalue weighted by Crippen LogP contribution is -2.45. The molecule has 0 aromatic heterocycles. The third-order valence-corrected chi connectivity index (χ3v) is 5.34. The Morgan fingerprint density at radius 2 is 1.66 bits per heavy atom. The summed E-state index contributed by atoms with van der Waals surface area (Å²) in [6.45, 7) is 11.2. The number of nitrogens with two attached hydrogens (primary N) is 1. The van der Waals surface area contributed by atoms with E-state index in [0.29, 0.717) is 30.2 Å². The number of halogens is 1. The summed E-state index contributed by atoms with van der Waals surface area (Å²) >= 11 is 0. The number of hydrogen-bond acceptors (Lipinski definition) is 8. The molecule has 35 heavy (non-hydrogen) atoms. The molecular weight excluding hydrogens is 457 g/mol. The maximum Gasteiger partial charge on any atom is 0.432 e. The Hall–Kier alpha value is -3.08. The number of ether oxygens (including phenoxy) is 2. The standard InChI is InChI=1S/C24H36FN5O5/c1-23(2,3)34-21(32)28-15-11-12-29(13-15)17-10-9-16(19(18(17)25)27-14-7-8-14)20(31)30(26)22(33)35-24(4,5)6/h9-10,14-15,27H,7-8,11-13,26H2,1-6H3,(H,28,32)/t15-/m1/s1. The molecule has 4 N–H and O–H groups in total. The Kier molecular flexibility index (Phi) is 7.49.